The van der Waals surface area contributed by atoms with Crippen LogP contribution in [0.25, 0.3) is 0 Å². The fourth-order valence-electron chi connectivity index (χ4n) is 1.60. The molecule has 9 heteroatoms. The molecule has 0 spiro atoms. The maximum absolute atomic E-state index is 13.9. The monoisotopic (exact) mass is 386 g/mol. The summed E-state index contributed by atoms with van der Waals surface area (Å²) in [4.78, 5) is -0.519. The molecule has 0 aliphatic rings. The second-order valence-electron chi connectivity index (χ2n) is 4.18. The fourth-order valence-corrected chi connectivity index (χ4v) is 4.34. The van der Waals surface area contributed by atoms with E-state index in [1.54, 1.807) is 13.2 Å². The average molecular weight is 387 g/mol. The minimum Gasteiger partial charge on any atom is -0.399 e. The highest BCUT2D eigenvalue weighted by molar-refractivity contribution is 9.10. The lowest BCUT2D eigenvalue weighted by Crippen LogP contribution is -2.41. The summed E-state index contributed by atoms with van der Waals surface area (Å²) in [7, 11) is -4.06. The van der Waals surface area contributed by atoms with Crippen molar-refractivity contribution in [2.24, 2.45) is 0 Å². The Labute approximate surface area is 130 Å². The van der Waals surface area contributed by atoms with Crippen LogP contribution in [0.15, 0.2) is 21.5 Å². The van der Waals surface area contributed by atoms with Gasteiger partial charge in [-0.25, -0.2) is 17.5 Å². The highest BCUT2D eigenvalue weighted by Crippen LogP contribution is 2.26. The summed E-state index contributed by atoms with van der Waals surface area (Å²) in [6.07, 6.45) is 1.75. The minimum atomic E-state index is -4.06. The average Bonchev–Trinajstić information content (AvgIpc) is 2.34. The number of aliphatic hydroxyl groups is 1. The molecular formula is C11H16BrFN2O3S2. The van der Waals surface area contributed by atoms with E-state index in [0.717, 1.165) is 6.07 Å². The number of benzene rings is 1. The highest BCUT2D eigenvalue weighted by atomic mass is 79.9. The maximum atomic E-state index is 13.9. The first-order valence-corrected chi connectivity index (χ1v) is 9.19. The standard InChI is InChI=1S/C11H16BrFN2O3S2/c1-6(9(5-16)19-2)15-20(17,18)10-4-7(14)3-8(12)11(10)13/h3-4,6,9,15-16H,5,14H2,1-2H3. The van der Waals surface area contributed by atoms with Crippen LogP contribution in [0.2, 0.25) is 0 Å². The molecule has 0 bridgehead atoms. The summed E-state index contributed by atoms with van der Waals surface area (Å²) in [5.41, 5.74) is 5.67. The molecule has 0 saturated heterocycles. The Morgan fingerprint density at radius 3 is 2.65 bits per heavy atom. The molecule has 0 aliphatic heterocycles. The van der Waals surface area contributed by atoms with Gasteiger partial charge in [-0.1, -0.05) is 0 Å². The molecule has 1 rings (SSSR count). The molecule has 5 nitrogen and oxygen atoms in total. The molecule has 0 aromatic heterocycles. The first kappa shape index (κ1) is 17.7. The zero-order chi connectivity index (χ0) is 15.5. The molecule has 4 N–H and O–H groups in total. The number of sulfonamides is 1. The van der Waals surface area contributed by atoms with Gasteiger partial charge in [0.1, 0.15) is 4.90 Å². The number of nitrogens with two attached hydrogens (primary N) is 1. The number of nitrogens with one attached hydrogen (secondary N) is 1. The number of anilines is 1. The van der Waals surface area contributed by atoms with Crippen LogP contribution in [0.1, 0.15) is 6.92 Å². The molecule has 0 radical (unpaired) electrons. The molecule has 1 aromatic carbocycles. The number of halogens is 2. The molecule has 1 aromatic rings. The fraction of sp³-hybridized carbons (Fsp3) is 0.455. The normalized spacial score (nSPS) is 15.1. The van der Waals surface area contributed by atoms with Gasteiger partial charge in [-0.05, 0) is 41.2 Å². The Kier molecular flexibility index (Phi) is 6.26. The highest BCUT2D eigenvalue weighted by Gasteiger charge is 2.26. The maximum Gasteiger partial charge on any atom is 0.243 e. The van der Waals surface area contributed by atoms with Gasteiger partial charge in [0.2, 0.25) is 10.0 Å². The molecular weight excluding hydrogens is 371 g/mol. The van der Waals surface area contributed by atoms with Gasteiger partial charge < -0.3 is 10.8 Å². The molecule has 0 aliphatic carbocycles. The van der Waals surface area contributed by atoms with E-state index in [0.29, 0.717) is 0 Å². The van der Waals surface area contributed by atoms with Crippen molar-refractivity contribution in [3.63, 3.8) is 0 Å². The van der Waals surface area contributed by atoms with Crippen molar-refractivity contribution in [2.75, 3.05) is 18.6 Å². The quantitative estimate of drug-likeness (QED) is 0.645. The smallest absolute Gasteiger partial charge is 0.243 e. The third-order valence-electron chi connectivity index (χ3n) is 2.69. The van der Waals surface area contributed by atoms with Gasteiger partial charge in [0.25, 0.3) is 0 Å². The third-order valence-corrected chi connectivity index (χ3v) is 5.99. The molecule has 0 amide bonds. The van der Waals surface area contributed by atoms with Crippen LogP contribution in [0.3, 0.4) is 0 Å². The van der Waals surface area contributed by atoms with Crippen LogP contribution in [-0.2, 0) is 10.0 Å². The second kappa shape index (κ2) is 7.08. The first-order valence-electron chi connectivity index (χ1n) is 5.63. The predicted molar refractivity (Wildman–Crippen MR) is 82.7 cm³/mol. The number of nitrogen functional groups attached to an aromatic ring is 1. The minimum absolute atomic E-state index is 0.0193. The first-order chi connectivity index (χ1) is 9.22. The predicted octanol–water partition coefficient (Wildman–Crippen LogP) is 1.56. The van der Waals surface area contributed by atoms with E-state index < -0.39 is 26.8 Å². The molecule has 2 unspecified atom stereocenters. The van der Waals surface area contributed by atoms with Gasteiger partial charge in [-0.3, -0.25) is 0 Å². The van der Waals surface area contributed by atoms with Crippen LogP contribution in [0.5, 0.6) is 0 Å². The van der Waals surface area contributed by atoms with Gasteiger partial charge in [-0.2, -0.15) is 11.8 Å². The lowest BCUT2D eigenvalue weighted by atomic mass is 10.3. The van der Waals surface area contributed by atoms with Gasteiger partial charge in [0, 0.05) is 17.0 Å². The Balaban J connectivity index is 3.12. The topological polar surface area (TPSA) is 92.4 Å². The van der Waals surface area contributed by atoms with Crippen LogP contribution >= 0.6 is 27.7 Å². The number of aliphatic hydroxyl groups excluding tert-OH is 1. The van der Waals surface area contributed by atoms with Crippen molar-refractivity contribution in [3.05, 3.63) is 22.4 Å². The summed E-state index contributed by atoms with van der Waals surface area (Å²) in [5.74, 6) is -0.899. The van der Waals surface area contributed by atoms with Gasteiger partial charge >= 0.3 is 0 Å². The van der Waals surface area contributed by atoms with E-state index in [2.05, 4.69) is 20.7 Å². The van der Waals surface area contributed by atoms with Crippen molar-refractivity contribution in [1.29, 1.82) is 0 Å². The molecule has 114 valence electrons. The lowest BCUT2D eigenvalue weighted by Gasteiger charge is -2.21. The van der Waals surface area contributed by atoms with Crippen LogP contribution in [0.4, 0.5) is 10.1 Å². The Bertz CT molecular complexity index is 579. The summed E-state index contributed by atoms with van der Waals surface area (Å²) in [6, 6.07) is 1.79. The molecule has 0 saturated carbocycles. The zero-order valence-corrected chi connectivity index (χ0v) is 14.1. The van der Waals surface area contributed by atoms with Crippen molar-refractivity contribution < 1.29 is 17.9 Å². The third kappa shape index (κ3) is 4.08. The lowest BCUT2D eigenvalue weighted by molar-refractivity contribution is 0.282. The van der Waals surface area contributed by atoms with Crippen LogP contribution in [0, 0.1) is 5.82 Å². The number of hydrogen-bond donors (Lipinski definition) is 3. The van der Waals surface area contributed by atoms with Crippen LogP contribution in [-0.4, -0.2) is 37.7 Å². The van der Waals surface area contributed by atoms with Crippen molar-refractivity contribution in [1.82, 2.24) is 4.72 Å². The Hall–Kier alpha value is -0.350. The van der Waals surface area contributed by atoms with Gasteiger partial charge in [0.05, 0.1) is 11.1 Å². The van der Waals surface area contributed by atoms with Gasteiger partial charge in [-0.15, -0.1) is 0 Å². The summed E-state index contributed by atoms with van der Waals surface area (Å²) < 4.78 is 40.6. The molecule has 2 atom stereocenters. The van der Waals surface area contributed by atoms with E-state index >= 15 is 0 Å². The van der Waals surface area contributed by atoms with Crippen molar-refractivity contribution >= 4 is 43.4 Å². The Morgan fingerprint density at radius 2 is 2.15 bits per heavy atom. The number of hydrogen-bond acceptors (Lipinski definition) is 5. The largest absolute Gasteiger partial charge is 0.399 e. The molecule has 0 fully saturated rings. The van der Waals surface area contributed by atoms with Crippen molar-refractivity contribution in [2.45, 2.75) is 23.1 Å². The molecule has 20 heavy (non-hydrogen) atoms. The van der Waals surface area contributed by atoms with Crippen molar-refractivity contribution in [3.8, 4) is 0 Å². The van der Waals surface area contributed by atoms with E-state index in [4.69, 9.17) is 10.8 Å². The van der Waals surface area contributed by atoms with Gasteiger partial charge in [0.15, 0.2) is 5.82 Å². The van der Waals surface area contributed by atoms with E-state index in [1.165, 1.54) is 17.8 Å². The summed E-state index contributed by atoms with van der Waals surface area (Å²) >= 11 is 4.24. The SMILES string of the molecule is CSC(CO)C(C)NS(=O)(=O)c1cc(N)cc(Br)c1F. The van der Waals surface area contributed by atoms with E-state index in [9.17, 15) is 12.8 Å². The summed E-state index contributed by atoms with van der Waals surface area (Å²) in [5, 5.41) is 8.83. The van der Waals surface area contributed by atoms with E-state index in [1.807, 2.05) is 0 Å². The zero-order valence-electron chi connectivity index (χ0n) is 10.9. The Morgan fingerprint density at radius 1 is 1.55 bits per heavy atom. The molecule has 0 heterocycles. The number of rotatable bonds is 6. The van der Waals surface area contributed by atoms with Crippen LogP contribution < -0.4 is 10.5 Å². The second-order valence-corrected chi connectivity index (χ2v) is 7.80. The number of thioether (sulfide) groups is 1. The summed E-state index contributed by atoms with van der Waals surface area (Å²) in [6.45, 7) is 1.42. The van der Waals surface area contributed by atoms with E-state index in [-0.39, 0.29) is 22.0 Å².